The van der Waals surface area contributed by atoms with Gasteiger partial charge >= 0.3 is 5.97 Å². The van der Waals surface area contributed by atoms with Crippen LogP contribution in [0.2, 0.25) is 0 Å². The standard InChI is InChI=1S/C21H27N3O4/c1-15(2)13-27-18-9-7-16(8-10-18)21(26)28-14-20(25)23-19-11-12-22-24(19)17-5-3-4-6-17/h7-12,15,17H,3-6,13-14H2,1-2H3,(H,23,25). The van der Waals surface area contributed by atoms with Gasteiger partial charge in [0.1, 0.15) is 11.6 Å². The maximum Gasteiger partial charge on any atom is 0.338 e. The minimum absolute atomic E-state index is 0.323. The van der Waals surface area contributed by atoms with E-state index in [4.69, 9.17) is 9.47 Å². The molecule has 1 aromatic carbocycles. The van der Waals surface area contributed by atoms with Crippen LogP contribution in [-0.4, -0.2) is 34.9 Å². The average Bonchev–Trinajstić information content (AvgIpc) is 3.36. The molecule has 28 heavy (non-hydrogen) atoms. The zero-order valence-electron chi connectivity index (χ0n) is 16.4. The van der Waals surface area contributed by atoms with Crippen molar-refractivity contribution in [1.82, 2.24) is 9.78 Å². The van der Waals surface area contributed by atoms with E-state index >= 15 is 0 Å². The fraction of sp³-hybridized carbons (Fsp3) is 0.476. The Bertz CT molecular complexity index is 792. The summed E-state index contributed by atoms with van der Waals surface area (Å²) in [6.45, 7) is 4.40. The lowest BCUT2D eigenvalue weighted by molar-refractivity contribution is -0.119. The highest BCUT2D eigenvalue weighted by Crippen LogP contribution is 2.31. The third-order valence-corrected chi connectivity index (χ3v) is 4.62. The number of hydrogen-bond donors (Lipinski definition) is 1. The van der Waals surface area contributed by atoms with Gasteiger partial charge in [0.15, 0.2) is 6.61 Å². The van der Waals surface area contributed by atoms with Gasteiger partial charge in [-0.15, -0.1) is 0 Å². The Kier molecular flexibility index (Phi) is 6.68. The second-order valence-corrected chi connectivity index (χ2v) is 7.45. The fourth-order valence-electron chi connectivity index (χ4n) is 3.20. The smallest absolute Gasteiger partial charge is 0.338 e. The second-order valence-electron chi connectivity index (χ2n) is 7.45. The average molecular weight is 385 g/mol. The van der Waals surface area contributed by atoms with Crippen LogP contribution >= 0.6 is 0 Å². The molecule has 0 atom stereocenters. The zero-order chi connectivity index (χ0) is 19.9. The third-order valence-electron chi connectivity index (χ3n) is 4.62. The van der Waals surface area contributed by atoms with Crippen molar-refractivity contribution in [1.29, 1.82) is 0 Å². The van der Waals surface area contributed by atoms with Gasteiger partial charge in [0.2, 0.25) is 0 Å². The van der Waals surface area contributed by atoms with E-state index < -0.39 is 5.97 Å². The molecule has 1 fully saturated rings. The first-order chi connectivity index (χ1) is 13.5. The highest BCUT2D eigenvalue weighted by molar-refractivity contribution is 5.95. The van der Waals surface area contributed by atoms with Crippen molar-refractivity contribution in [2.75, 3.05) is 18.5 Å². The number of carbonyl (C=O) groups is 2. The van der Waals surface area contributed by atoms with Crippen molar-refractivity contribution >= 4 is 17.7 Å². The van der Waals surface area contributed by atoms with E-state index in [2.05, 4.69) is 24.3 Å². The molecule has 0 spiro atoms. The summed E-state index contributed by atoms with van der Waals surface area (Å²) < 4.78 is 12.6. The van der Waals surface area contributed by atoms with Gasteiger partial charge in [-0.25, -0.2) is 9.48 Å². The van der Waals surface area contributed by atoms with Gasteiger partial charge in [-0.05, 0) is 43.0 Å². The Morgan fingerprint density at radius 2 is 1.89 bits per heavy atom. The first kappa shape index (κ1) is 19.9. The number of ether oxygens (including phenoxy) is 2. The molecule has 7 nitrogen and oxygen atoms in total. The van der Waals surface area contributed by atoms with Gasteiger partial charge < -0.3 is 14.8 Å². The van der Waals surface area contributed by atoms with Crippen molar-refractivity contribution in [3.05, 3.63) is 42.1 Å². The molecule has 150 valence electrons. The molecule has 1 aromatic heterocycles. The summed E-state index contributed by atoms with van der Waals surface area (Å²) in [7, 11) is 0. The zero-order valence-corrected chi connectivity index (χ0v) is 16.4. The van der Waals surface area contributed by atoms with E-state index in [9.17, 15) is 9.59 Å². The van der Waals surface area contributed by atoms with Crippen LogP contribution in [0.5, 0.6) is 5.75 Å². The first-order valence-corrected chi connectivity index (χ1v) is 9.76. The van der Waals surface area contributed by atoms with Crippen LogP contribution in [0.15, 0.2) is 36.5 Å². The first-order valence-electron chi connectivity index (χ1n) is 9.76. The molecule has 1 N–H and O–H groups in total. The Hall–Kier alpha value is -2.83. The summed E-state index contributed by atoms with van der Waals surface area (Å²) in [6.07, 6.45) is 6.16. The second kappa shape index (κ2) is 9.39. The topological polar surface area (TPSA) is 82.4 Å². The molecule has 1 aliphatic carbocycles. The number of amides is 1. The Balaban J connectivity index is 1.48. The number of nitrogens with one attached hydrogen (secondary N) is 1. The van der Waals surface area contributed by atoms with Crippen molar-refractivity contribution in [2.24, 2.45) is 5.92 Å². The molecular weight excluding hydrogens is 358 g/mol. The summed E-state index contributed by atoms with van der Waals surface area (Å²) in [5.74, 6) is 0.829. The lowest BCUT2D eigenvalue weighted by Gasteiger charge is -2.14. The molecule has 1 aliphatic rings. The Morgan fingerprint density at radius 3 is 2.57 bits per heavy atom. The van der Waals surface area contributed by atoms with Gasteiger partial charge in [-0.2, -0.15) is 5.10 Å². The van der Waals surface area contributed by atoms with Gasteiger partial charge in [-0.1, -0.05) is 26.7 Å². The minimum Gasteiger partial charge on any atom is -0.493 e. The van der Waals surface area contributed by atoms with Crippen LogP contribution in [0.3, 0.4) is 0 Å². The Morgan fingerprint density at radius 1 is 1.18 bits per heavy atom. The SMILES string of the molecule is CC(C)COc1ccc(C(=O)OCC(=O)Nc2ccnn2C2CCCC2)cc1. The minimum atomic E-state index is -0.546. The van der Waals surface area contributed by atoms with Crippen LogP contribution in [0.4, 0.5) is 5.82 Å². The molecule has 0 bridgehead atoms. The number of carbonyl (C=O) groups excluding carboxylic acids is 2. The van der Waals surface area contributed by atoms with E-state index in [0.717, 1.165) is 12.8 Å². The van der Waals surface area contributed by atoms with Crippen molar-refractivity contribution in [3.63, 3.8) is 0 Å². The molecule has 0 unspecified atom stereocenters. The van der Waals surface area contributed by atoms with E-state index in [0.29, 0.717) is 35.7 Å². The lowest BCUT2D eigenvalue weighted by atomic mass is 10.2. The maximum absolute atomic E-state index is 12.2. The quantitative estimate of drug-likeness (QED) is 0.699. The van der Waals surface area contributed by atoms with Crippen molar-refractivity contribution < 1.29 is 19.1 Å². The van der Waals surface area contributed by atoms with Gasteiger partial charge in [0.05, 0.1) is 24.4 Å². The molecular formula is C21H27N3O4. The normalized spacial score (nSPS) is 14.2. The van der Waals surface area contributed by atoms with Crippen molar-refractivity contribution in [2.45, 2.75) is 45.6 Å². The van der Waals surface area contributed by atoms with Crippen LogP contribution in [0, 0.1) is 5.92 Å². The molecule has 2 aromatic rings. The highest BCUT2D eigenvalue weighted by Gasteiger charge is 2.20. The van der Waals surface area contributed by atoms with E-state index in [1.54, 1.807) is 36.5 Å². The van der Waals surface area contributed by atoms with Crippen LogP contribution < -0.4 is 10.1 Å². The number of hydrogen-bond acceptors (Lipinski definition) is 5. The summed E-state index contributed by atoms with van der Waals surface area (Å²) in [5, 5.41) is 7.09. The molecule has 3 rings (SSSR count). The van der Waals surface area contributed by atoms with E-state index in [-0.39, 0.29) is 12.5 Å². The molecule has 1 amide bonds. The van der Waals surface area contributed by atoms with Gasteiger partial charge in [-0.3, -0.25) is 4.79 Å². The third kappa shape index (κ3) is 5.34. The Labute approximate surface area is 165 Å². The van der Waals surface area contributed by atoms with Crippen molar-refractivity contribution in [3.8, 4) is 5.75 Å². The molecule has 0 saturated heterocycles. The maximum atomic E-state index is 12.2. The summed E-state index contributed by atoms with van der Waals surface area (Å²) in [5.41, 5.74) is 0.376. The molecule has 1 heterocycles. The van der Waals surface area contributed by atoms with Gasteiger partial charge in [0.25, 0.3) is 5.91 Å². The van der Waals surface area contributed by atoms with Crippen LogP contribution in [0.1, 0.15) is 55.9 Å². The molecule has 0 radical (unpaired) electrons. The number of aromatic nitrogens is 2. The van der Waals surface area contributed by atoms with Crippen LogP contribution in [0.25, 0.3) is 0 Å². The van der Waals surface area contributed by atoms with E-state index in [1.165, 1.54) is 12.8 Å². The summed E-state index contributed by atoms with van der Waals surface area (Å²) in [6, 6.07) is 8.78. The predicted molar refractivity (Wildman–Crippen MR) is 105 cm³/mol. The van der Waals surface area contributed by atoms with Gasteiger partial charge in [0, 0.05) is 6.07 Å². The molecule has 1 saturated carbocycles. The summed E-state index contributed by atoms with van der Waals surface area (Å²) in [4.78, 5) is 24.3. The largest absolute Gasteiger partial charge is 0.493 e. The number of anilines is 1. The number of esters is 1. The number of rotatable bonds is 8. The number of nitrogens with zero attached hydrogens (tertiary/aromatic N) is 2. The monoisotopic (exact) mass is 385 g/mol. The van der Waals surface area contributed by atoms with E-state index in [1.807, 2.05) is 4.68 Å². The summed E-state index contributed by atoms with van der Waals surface area (Å²) >= 11 is 0. The molecule has 0 aliphatic heterocycles. The predicted octanol–water partition coefficient (Wildman–Crippen LogP) is 3.83. The molecule has 7 heteroatoms. The van der Waals surface area contributed by atoms with Crippen LogP contribution in [-0.2, 0) is 9.53 Å². The number of benzene rings is 1. The fourth-order valence-corrected chi connectivity index (χ4v) is 3.20. The lowest BCUT2D eigenvalue weighted by Crippen LogP contribution is -2.23. The highest BCUT2D eigenvalue weighted by atomic mass is 16.5.